The summed E-state index contributed by atoms with van der Waals surface area (Å²) < 4.78 is 75.4. The van der Waals surface area contributed by atoms with Gasteiger partial charge in [0.2, 0.25) is 0 Å². The van der Waals surface area contributed by atoms with Crippen molar-refractivity contribution in [1.82, 2.24) is 4.98 Å². The SMILES string of the molecule is CCOC(=O)CN(c1ccc(Cl)c2[nH]c(CCC(CCS(=O)(=O)c3ccc(OC)cc3)CC(=O)OC)cc12)S(=O)(=O)c1ccc(OC)cc1. The van der Waals surface area contributed by atoms with Crippen molar-refractivity contribution in [2.45, 2.75) is 42.4 Å². The number of esters is 2. The van der Waals surface area contributed by atoms with Crippen molar-refractivity contribution in [1.29, 1.82) is 0 Å². The molecule has 1 heterocycles. The summed E-state index contributed by atoms with van der Waals surface area (Å²) in [6, 6.07) is 16.7. The van der Waals surface area contributed by atoms with E-state index in [2.05, 4.69) is 4.98 Å². The Morgan fingerprint density at radius 3 is 2.02 bits per heavy atom. The molecule has 0 aliphatic heterocycles. The summed E-state index contributed by atoms with van der Waals surface area (Å²) >= 11 is 6.55. The van der Waals surface area contributed by atoms with Crippen molar-refractivity contribution < 1.29 is 45.4 Å². The quantitative estimate of drug-likeness (QED) is 0.136. The third-order valence-corrected chi connectivity index (χ3v) is 11.8. The van der Waals surface area contributed by atoms with Gasteiger partial charge in [-0.1, -0.05) is 11.6 Å². The van der Waals surface area contributed by atoms with E-state index >= 15 is 0 Å². The maximum absolute atomic E-state index is 14.0. The van der Waals surface area contributed by atoms with E-state index in [9.17, 15) is 26.4 Å². The zero-order valence-corrected chi connectivity index (χ0v) is 30.0. The number of methoxy groups -OCH3 is 3. The van der Waals surface area contributed by atoms with Crippen molar-refractivity contribution in [3.05, 3.63) is 77.4 Å². The lowest BCUT2D eigenvalue weighted by Crippen LogP contribution is -2.36. The van der Waals surface area contributed by atoms with Crippen molar-refractivity contribution in [3.8, 4) is 11.5 Å². The summed E-state index contributed by atoms with van der Waals surface area (Å²) in [5, 5.41) is 0.759. The number of nitrogens with zero attached hydrogens (tertiary/aromatic N) is 1. The van der Waals surface area contributed by atoms with Crippen LogP contribution in [0, 0.1) is 5.92 Å². The van der Waals surface area contributed by atoms with Crippen molar-refractivity contribution >= 4 is 60.0 Å². The molecule has 49 heavy (non-hydrogen) atoms. The molecule has 0 saturated carbocycles. The Morgan fingerprint density at radius 1 is 0.837 bits per heavy atom. The number of H-pyrrole nitrogens is 1. The smallest absolute Gasteiger partial charge is 0.326 e. The van der Waals surface area contributed by atoms with E-state index in [0.29, 0.717) is 46.0 Å². The number of aryl methyl sites for hydroxylation is 1. The molecule has 0 aliphatic rings. The fourth-order valence-electron chi connectivity index (χ4n) is 5.33. The zero-order valence-electron chi connectivity index (χ0n) is 27.6. The molecule has 1 aromatic heterocycles. The number of ether oxygens (including phenoxy) is 4. The third-order valence-electron chi connectivity index (χ3n) is 7.99. The minimum atomic E-state index is -4.27. The number of fused-ring (bicyclic) bond motifs is 1. The molecule has 15 heteroatoms. The molecule has 1 atom stereocenters. The van der Waals surface area contributed by atoms with Crippen LogP contribution in [-0.2, 0) is 45.3 Å². The highest BCUT2D eigenvalue weighted by Crippen LogP contribution is 2.36. The summed E-state index contributed by atoms with van der Waals surface area (Å²) in [4.78, 5) is 28.3. The highest BCUT2D eigenvalue weighted by Gasteiger charge is 2.30. The number of aromatic nitrogens is 1. The fraction of sp³-hybridized carbons (Fsp3) is 0.353. The van der Waals surface area contributed by atoms with E-state index in [-0.39, 0.29) is 46.6 Å². The number of benzene rings is 3. The predicted molar refractivity (Wildman–Crippen MR) is 186 cm³/mol. The van der Waals surface area contributed by atoms with Gasteiger partial charge in [-0.2, -0.15) is 0 Å². The minimum absolute atomic E-state index is 0.00822. The van der Waals surface area contributed by atoms with Crippen LogP contribution in [0.3, 0.4) is 0 Å². The van der Waals surface area contributed by atoms with Gasteiger partial charge in [0.25, 0.3) is 10.0 Å². The number of rotatable bonds is 17. The number of anilines is 1. The Kier molecular flexibility index (Phi) is 12.6. The fourth-order valence-corrected chi connectivity index (χ4v) is 8.40. The van der Waals surface area contributed by atoms with Gasteiger partial charge in [-0.3, -0.25) is 13.9 Å². The second kappa shape index (κ2) is 16.4. The zero-order chi connectivity index (χ0) is 35.8. The van der Waals surface area contributed by atoms with E-state index in [1.54, 1.807) is 25.1 Å². The third kappa shape index (κ3) is 9.25. The predicted octanol–water partition coefficient (Wildman–Crippen LogP) is 5.57. The van der Waals surface area contributed by atoms with Crippen LogP contribution in [0.5, 0.6) is 11.5 Å². The van der Waals surface area contributed by atoms with Crippen LogP contribution in [0.2, 0.25) is 5.02 Å². The molecule has 0 aliphatic carbocycles. The molecule has 1 unspecified atom stereocenters. The number of sulfonamides is 1. The van der Waals surface area contributed by atoms with Gasteiger partial charge >= 0.3 is 11.9 Å². The van der Waals surface area contributed by atoms with Crippen molar-refractivity contribution in [3.63, 3.8) is 0 Å². The molecule has 0 bridgehead atoms. The first-order valence-corrected chi connectivity index (χ1v) is 18.9. The Balaban J connectivity index is 1.63. The van der Waals surface area contributed by atoms with E-state index in [0.717, 1.165) is 4.31 Å². The first kappa shape index (κ1) is 37.5. The summed E-state index contributed by atoms with van der Waals surface area (Å²) in [6.45, 7) is 1.10. The number of hydrogen-bond donors (Lipinski definition) is 1. The lowest BCUT2D eigenvalue weighted by atomic mass is 9.95. The molecular formula is C34H39ClN2O10S2. The molecule has 0 radical (unpaired) electrons. The van der Waals surface area contributed by atoms with Gasteiger partial charge in [-0.05, 0) is 98.8 Å². The molecule has 0 fully saturated rings. The lowest BCUT2D eigenvalue weighted by Gasteiger charge is -2.24. The Morgan fingerprint density at radius 2 is 1.45 bits per heavy atom. The Bertz CT molecular complexity index is 1980. The summed E-state index contributed by atoms with van der Waals surface area (Å²) in [5.74, 6) is -0.746. The number of aromatic amines is 1. The lowest BCUT2D eigenvalue weighted by molar-refractivity contribution is -0.142. The van der Waals surface area contributed by atoms with E-state index in [1.165, 1.54) is 69.9 Å². The average molecular weight is 735 g/mol. The van der Waals surface area contributed by atoms with Crippen LogP contribution in [-0.4, -0.2) is 74.0 Å². The molecule has 3 aromatic carbocycles. The van der Waals surface area contributed by atoms with Crippen LogP contribution in [0.25, 0.3) is 10.9 Å². The van der Waals surface area contributed by atoms with Gasteiger partial charge in [0.05, 0.1) is 59.7 Å². The molecule has 0 spiro atoms. The molecular weight excluding hydrogens is 696 g/mol. The number of halogens is 1. The van der Waals surface area contributed by atoms with Crippen LogP contribution >= 0.6 is 11.6 Å². The van der Waals surface area contributed by atoms with Gasteiger partial charge in [0, 0.05) is 17.5 Å². The number of hydrogen-bond acceptors (Lipinski definition) is 10. The normalized spacial score (nSPS) is 12.3. The van der Waals surface area contributed by atoms with Crippen molar-refractivity contribution in [2.75, 3.05) is 44.5 Å². The second-order valence-electron chi connectivity index (χ2n) is 11.1. The van der Waals surface area contributed by atoms with Gasteiger partial charge in [0.15, 0.2) is 9.84 Å². The molecule has 0 amide bonds. The van der Waals surface area contributed by atoms with Crippen LogP contribution in [0.4, 0.5) is 5.69 Å². The van der Waals surface area contributed by atoms with Crippen molar-refractivity contribution in [2.24, 2.45) is 5.92 Å². The first-order valence-electron chi connectivity index (χ1n) is 15.4. The maximum atomic E-state index is 14.0. The first-order chi connectivity index (χ1) is 23.3. The van der Waals surface area contributed by atoms with Crippen LogP contribution in [0.15, 0.2) is 76.5 Å². The Labute approximate surface area is 291 Å². The maximum Gasteiger partial charge on any atom is 0.326 e. The molecule has 1 N–H and O–H groups in total. The number of carbonyl (C=O) groups excluding carboxylic acids is 2. The number of carbonyl (C=O) groups is 2. The van der Waals surface area contributed by atoms with Crippen LogP contribution in [0.1, 0.15) is 31.9 Å². The van der Waals surface area contributed by atoms with Gasteiger partial charge < -0.3 is 23.9 Å². The molecule has 0 saturated heterocycles. The molecule has 4 rings (SSSR count). The van der Waals surface area contributed by atoms with E-state index in [1.807, 2.05) is 0 Å². The average Bonchev–Trinajstić information content (AvgIpc) is 3.54. The highest BCUT2D eigenvalue weighted by atomic mass is 35.5. The monoisotopic (exact) mass is 734 g/mol. The Hall–Kier alpha value is -4.27. The second-order valence-corrected chi connectivity index (χ2v) is 15.5. The summed E-state index contributed by atoms with van der Waals surface area (Å²) in [6.07, 6.45) is 0.985. The highest BCUT2D eigenvalue weighted by molar-refractivity contribution is 7.93. The largest absolute Gasteiger partial charge is 0.497 e. The van der Waals surface area contributed by atoms with Gasteiger partial charge in [0.1, 0.15) is 18.0 Å². The minimum Gasteiger partial charge on any atom is -0.497 e. The van der Waals surface area contributed by atoms with Gasteiger partial charge in [-0.25, -0.2) is 16.8 Å². The standard InChI is InChI=1S/C34H39ClN2O10S2/c1-5-47-33(39)22-37(49(42,43)28-14-10-26(45-3)11-15-28)31-17-16-30(35)34-29(31)21-24(36-34)7-6-23(20-32(38)46-4)18-19-48(40,41)27-12-8-25(44-2)9-13-27/h8-17,21,23,36H,5-7,18-20,22H2,1-4H3. The van der Waals surface area contributed by atoms with Gasteiger partial charge in [-0.15, -0.1) is 0 Å². The van der Waals surface area contributed by atoms with Crippen LogP contribution < -0.4 is 13.8 Å². The molecule has 4 aromatic rings. The van der Waals surface area contributed by atoms with E-state index in [4.69, 9.17) is 30.5 Å². The molecule has 12 nitrogen and oxygen atoms in total. The summed E-state index contributed by atoms with van der Waals surface area (Å²) in [5.41, 5.74) is 1.30. The summed E-state index contributed by atoms with van der Waals surface area (Å²) in [7, 11) is -3.68. The topological polar surface area (TPSA) is 158 Å². The van der Waals surface area contributed by atoms with E-state index < -0.39 is 38.3 Å². The number of sulfone groups is 1. The molecule has 264 valence electrons. The number of nitrogens with one attached hydrogen (secondary N) is 1.